The number of carbonyl (C=O) groups excluding carboxylic acids is 1. The van der Waals surface area contributed by atoms with E-state index in [-0.39, 0.29) is 23.3 Å². The Bertz CT molecular complexity index is 466. The number of rotatable bonds is 4. The van der Waals surface area contributed by atoms with Gasteiger partial charge < -0.3 is 10.4 Å². The van der Waals surface area contributed by atoms with E-state index in [0.29, 0.717) is 11.3 Å². The molecule has 0 aromatic heterocycles. The first-order valence-electron chi connectivity index (χ1n) is 5.98. The summed E-state index contributed by atoms with van der Waals surface area (Å²) in [7, 11) is 0. The minimum Gasteiger partial charge on any atom is -0.478 e. The van der Waals surface area contributed by atoms with Crippen molar-refractivity contribution >= 4 is 17.6 Å². The molecule has 0 saturated carbocycles. The second-order valence-corrected chi connectivity index (χ2v) is 4.82. The molecule has 0 aliphatic carbocycles. The number of nitrogens with one attached hydrogen (secondary N) is 1. The minimum absolute atomic E-state index is 0.154. The van der Waals surface area contributed by atoms with E-state index < -0.39 is 5.97 Å². The maximum absolute atomic E-state index is 11.9. The molecule has 98 valence electrons. The SMILES string of the molecule is Cc1cccc(NC(=O)C(C)C(C)C)c1C(=O)O. The van der Waals surface area contributed by atoms with Crippen molar-refractivity contribution in [1.29, 1.82) is 0 Å². The average Bonchev–Trinajstić information content (AvgIpc) is 2.27. The van der Waals surface area contributed by atoms with Crippen molar-refractivity contribution in [3.8, 4) is 0 Å². The van der Waals surface area contributed by atoms with E-state index in [1.54, 1.807) is 25.1 Å². The van der Waals surface area contributed by atoms with Crippen LogP contribution in [0.2, 0.25) is 0 Å². The quantitative estimate of drug-likeness (QED) is 0.862. The predicted octanol–water partition coefficient (Wildman–Crippen LogP) is 2.92. The lowest BCUT2D eigenvalue weighted by molar-refractivity contribution is -0.120. The van der Waals surface area contributed by atoms with E-state index in [0.717, 1.165) is 0 Å². The highest BCUT2D eigenvalue weighted by Gasteiger charge is 2.20. The van der Waals surface area contributed by atoms with Crippen molar-refractivity contribution in [2.45, 2.75) is 27.7 Å². The van der Waals surface area contributed by atoms with E-state index >= 15 is 0 Å². The molecular formula is C14H19NO3. The molecule has 0 radical (unpaired) electrons. The Morgan fingerprint density at radius 2 is 1.83 bits per heavy atom. The lowest BCUT2D eigenvalue weighted by atomic mass is 9.97. The van der Waals surface area contributed by atoms with Gasteiger partial charge in [0.15, 0.2) is 0 Å². The zero-order valence-electron chi connectivity index (χ0n) is 11.2. The predicted molar refractivity (Wildman–Crippen MR) is 70.8 cm³/mol. The molecule has 18 heavy (non-hydrogen) atoms. The molecule has 1 atom stereocenters. The van der Waals surface area contributed by atoms with Gasteiger partial charge in [-0.25, -0.2) is 4.79 Å². The number of aromatic carboxylic acids is 1. The molecule has 2 N–H and O–H groups in total. The maximum Gasteiger partial charge on any atom is 0.338 e. The number of carboxylic acid groups (broad SMARTS) is 1. The van der Waals surface area contributed by atoms with Gasteiger partial charge >= 0.3 is 5.97 Å². The van der Waals surface area contributed by atoms with Crippen LogP contribution in [0.5, 0.6) is 0 Å². The Morgan fingerprint density at radius 1 is 1.22 bits per heavy atom. The van der Waals surface area contributed by atoms with Crippen LogP contribution in [-0.2, 0) is 4.79 Å². The first-order chi connectivity index (χ1) is 8.34. The van der Waals surface area contributed by atoms with Crippen molar-refractivity contribution in [3.05, 3.63) is 29.3 Å². The Morgan fingerprint density at radius 3 is 2.33 bits per heavy atom. The van der Waals surface area contributed by atoms with Crippen molar-refractivity contribution in [1.82, 2.24) is 0 Å². The summed E-state index contributed by atoms with van der Waals surface area (Å²) in [6, 6.07) is 5.06. The second-order valence-electron chi connectivity index (χ2n) is 4.82. The second kappa shape index (κ2) is 5.67. The van der Waals surface area contributed by atoms with Gasteiger partial charge in [-0.3, -0.25) is 4.79 Å². The molecular weight excluding hydrogens is 230 g/mol. The summed E-state index contributed by atoms with van der Waals surface area (Å²) in [5, 5.41) is 11.8. The molecule has 0 saturated heterocycles. The van der Waals surface area contributed by atoms with E-state index in [2.05, 4.69) is 5.32 Å². The minimum atomic E-state index is -1.03. The first-order valence-corrected chi connectivity index (χ1v) is 5.98. The average molecular weight is 249 g/mol. The number of hydrogen-bond acceptors (Lipinski definition) is 2. The van der Waals surface area contributed by atoms with Gasteiger partial charge in [0.05, 0.1) is 11.3 Å². The summed E-state index contributed by atoms with van der Waals surface area (Å²) in [4.78, 5) is 23.1. The van der Waals surface area contributed by atoms with Gasteiger partial charge in [0.1, 0.15) is 0 Å². The summed E-state index contributed by atoms with van der Waals surface area (Å²) in [6.07, 6.45) is 0. The monoisotopic (exact) mass is 249 g/mol. The molecule has 0 heterocycles. The topological polar surface area (TPSA) is 66.4 Å². The summed E-state index contributed by atoms with van der Waals surface area (Å²) >= 11 is 0. The van der Waals surface area contributed by atoms with Gasteiger partial charge in [-0.05, 0) is 24.5 Å². The highest BCUT2D eigenvalue weighted by molar-refractivity contribution is 6.02. The third-order valence-corrected chi connectivity index (χ3v) is 3.16. The molecule has 0 fully saturated rings. The highest BCUT2D eigenvalue weighted by atomic mass is 16.4. The van der Waals surface area contributed by atoms with Crippen LogP contribution in [0.25, 0.3) is 0 Å². The smallest absolute Gasteiger partial charge is 0.338 e. The Balaban J connectivity index is 3.02. The molecule has 1 aromatic rings. The van der Waals surface area contributed by atoms with Crippen molar-refractivity contribution in [3.63, 3.8) is 0 Å². The molecule has 4 heteroatoms. The fourth-order valence-corrected chi connectivity index (χ4v) is 1.61. The molecule has 1 unspecified atom stereocenters. The number of anilines is 1. The summed E-state index contributed by atoms with van der Waals surface area (Å²) in [6.45, 7) is 7.46. The van der Waals surface area contributed by atoms with Crippen molar-refractivity contribution in [2.24, 2.45) is 11.8 Å². The first kappa shape index (κ1) is 14.2. The van der Waals surface area contributed by atoms with Gasteiger partial charge in [-0.15, -0.1) is 0 Å². The van der Waals surface area contributed by atoms with Gasteiger partial charge in [-0.1, -0.05) is 32.9 Å². The standard InChI is InChI=1S/C14H19NO3/c1-8(2)10(4)13(16)15-11-7-5-6-9(3)12(11)14(17)18/h5-8,10H,1-4H3,(H,15,16)(H,17,18). The lowest BCUT2D eigenvalue weighted by Crippen LogP contribution is -2.25. The van der Waals surface area contributed by atoms with Crippen LogP contribution in [-0.4, -0.2) is 17.0 Å². The number of carbonyl (C=O) groups is 2. The fraction of sp³-hybridized carbons (Fsp3) is 0.429. The van der Waals surface area contributed by atoms with E-state index in [9.17, 15) is 9.59 Å². The molecule has 1 rings (SSSR count). The number of aryl methyl sites for hydroxylation is 1. The van der Waals surface area contributed by atoms with Crippen LogP contribution in [0.1, 0.15) is 36.7 Å². The molecule has 4 nitrogen and oxygen atoms in total. The van der Waals surface area contributed by atoms with Crippen LogP contribution >= 0.6 is 0 Å². The van der Waals surface area contributed by atoms with Crippen LogP contribution in [0, 0.1) is 18.8 Å². The number of hydrogen-bond donors (Lipinski definition) is 2. The van der Waals surface area contributed by atoms with E-state index in [1.807, 2.05) is 20.8 Å². The summed E-state index contributed by atoms with van der Waals surface area (Å²) in [5.74, 6) is -1.13. The van der Waals surface area contributed by atoms with E-state index in [4.69, 9.17) is 5.11 Å². The highest BCUT2D eigenvalue weighted by Crippen LogP contribution is 2.21. The van der Waals surface area contributed by atoms with Gasteiger partial charge in [0.2, 0.25) is 5.91 Å². The number of carboxylic acids is 1. The maximum atomic E-state index is 11.9. The van der Waals surface area contributed by atoms with Crippen LogP contribution < -0.4 is 5.32 Å². The lowest BCUT2D eigenvalue weighted by Gasteiger charge is -2.17. The normalized spacial score (nSPS) is 12.3. The summed E-state index contributed by atoms with van der Waals surface area (Å²) < 4.78 is 0. The number of benzene rings is 1. The molecule has 0 bridgehead atoms. The van der Waals surface area contributed by atoms with Crippen LogP contribution in [0.4, 0.5) is 5.69 Å². The summed E-state index contributed by atoms with van der Waals surface area (Å²) in [5.41, 5.74) is 1.15. The Labute approximate surface area is 107 Å². The molecule has 1 amide bonds. The third kappa shape index (κ3) is 3.09. The third-order valence-electron chi connectivity index (χ3n) is 3.16. The van der Waals surface area contributed by atoms with Crippen LogP contribution in [0.3, 0.4) is 0 Å². The van der Waals surface area contributed by atoms with Gasteiger partial charge in [0, 0.05) is 5.92 Å². The zero-order valence-corrected chi connectivity index (χ0v) is 11.2. The fourth-order valence-electron chi connectivity index (χ4n) is 1.61. The Hall–Kier alpha value is -1.84. The van der Waals surface area contributed by atoms with Gasteiger partial charge in [0.25, 0.3) is 0 Å². The van der Waals surface area contributed by atoms with E-state index in [1.165, 1.54) is 0 Å². The Kier molecular flexibility index (Phi) is 4.48. The van der Waals surface area contributed by atoms with Crippen LogP contribution in [0.15, 0.2) is 18.2 Å². The zero-order chi connectivity index (χ0) is 13.9. The van der Waals surface area contributed by atoms with Crippen molar-refractivity contribution < 1.29 is 14.7 Å². The largest absolute Gasteiger partial charge is 0.478 e. The van der Waals surface area contributed by atoms with Gasteiger partial charge in [-0.2, -0.15) is 0 Å². The molecule has 0 aliphatic heterocycles. The molecule has 0 aliphatic rings. The molecule has 0 spiro atoms. The molecule has 1 aromatic carbocycles. The van der Waals surface area contributed by atoms with Crippen molar-refractivity contribution in [2.75, 3.05) is 5.32 Å². The number of amides is 1.